The number of rotatable bonds is 2. The molecule has 2 aromatic heterocycles. The Bertz CT molecular complexity index is 771. The third-order valence-electron chi connectivity index (χ3n) is 2.96. The van der Waals surface area contributed by atoms with E-state index in [1.54, 1.807) is 18.5 Å². The summed E-state index contributed by atoms with van der Waals surface area (Å²) >= 11 is 3.39. The summed E-state index contributed by atoms with van der Waals surface area (Å²) in [4.78, 5) is 7.34. The van der Waals surface area contributed by atoms with Crippen molar-refractivity contribution in [2.45, 2.75) is 13.8 Å². The number of methoxy groups -OCH3 is 1. The van der Waals surface area contributed by atoms with Gasteiger partial charge in [0.1, 0.15) is 5.65 Å². The van der Waals surface area contributed by atoms with Gasteiger partial charge in [-0.05, 0) is 28.1 Å². The first-order valence-electron chi connectivity index (χ1n) is 7.16. The second-order valence-electron chi connectivity index (χ2n) is 4.07. The van der Waals surface area contributed by atoms with Crippen LogP contribution in [-0.2, 0) is 0 Å². The molecule has 0 atom stereocenters. The molecule has 23 heavy (non-hydrogen) atoms. The standard InChI is InChI=1S/C14H10BrFN2O.C2H6.C2H4/c1-19-13-9(3-2-4-12(13)16)11-7-18-14-10(11)5-8(15)6-17-14;2*1-2/h2-7H,1H3,(H,17,18);1-2H3;1-2H2. The normalized spacial score (nSPS) is 9.43. The Morgan fingerprint density at radius 2 is 1.91 bits per heavy atom. The average molecular weight is 379 g/mol. The molecule has 0 aliphatic heterocycles. The van der Waals surface area contributed by atoms with Gasteiger partial charge in [-0.2, -0.15) is 0 Å². The smallest absolute Gasteiger partial charge is 0.165 e. The first-order valence-corrected chi connectivity index (χ1v) is 7.95. The summed E-state index contributed by atoms with van der Waals surface area (Å²) in [5, 5.41) is 0.915. The lowest BCUT2D eigenvalue weighted by molar-refractivity contribution is 0.388. The van der Waals surface area contributed by atoms with E-state index in [0.717, 1.165) is 21.1 Å². The summed E-state index contributed by atoms with van der Waals surface area (Å²) in [7, 11) is 1.46. The third-order valence-corrected chi connectivity index (χ3v) is 3.39. The molecule has 0 fully saturated rings. The molecule has 0 saturated heterocycles. The van der Waals surface area contributed by atoms with Crippen LogP contribution < -0.4 is 4.74 Å². The molecule has 122 valence electrons. The SMILES string of the molecule is C=C.CC.COc1c(F)cccc1-c1c[nH]c2ncc(Br)cc12. The van der Waals surface area contributed by atoms with Crippen molar-refractivity contribution in [1.82, 2.24) is 9.97 Å². The van der Waals surface area contributed by atoms with E-state index in [2.05, 4.69) is 39.1 Å². The van der Waals surface area contributed by atoms with E-state index in [0.29, 0.717) is 5.56 Å². The minimum Gasteiger partial charge on any atom is -0.493 e. The monoisotopic (exact) mass is 378 g/mol. The van der Waals surface area contributed by atoms with Crippen molar-refractivity contribution >= 4 is 27.0 Å². The van der Waals surface area contributed by atoms with Crippen molar-refractivity contribution in [1.29, 1.82) is 0 Å². The Labute approximate surface area is 144 Å². The molecule has 0 radical (unpaired) electrons. The molecule has 0 bridgehead atoms. The molecule has 0 unspecified atom stereocenters. The number of H-pyrrole nitrogens is 1. The van der Waals surface area contributed by atoms with E-state index in [9.17, 15) is 4.39 Å². The van der Waals surface area contributed by atoms with Crippen LogP contribution in [0.5, 0.6) is 5.75 Å². The van der Waals surface area contributed by atoms with Gasteiger partial charge < -0.3 is 9.72 Å². The molecule has 3 aromatic rings. The summed E-state index contributed by atoms with van der Waals surface area (Å²) in [6.45, 7) is 10.0. The van der Waals surface area contributed by atoms with E-state index in [1.807, 2.05) is 26.0 Å². The number of benzene rings is 1. The van der Waals surface area contributed by atoms with Gasteiger partial charge >= 0.3 is 0 Å². The zero-order valence-corrected chi connectivity index (χ0v) is 15.1. The summed E-state index contributed by atoms with van der Waals surface area (Å²) in [6.07, 6.45) is 3.52. The molecule has 0 aliphatic rings. The molecular weight excluding hydrogens is 359 g/mol. The van der Waals surface area contributed by atoms with Crippen LogP contribution in [0.2, 0.25) is 0 Å². The number of hydrogen-bond acceptors (Lipinski definition) is 2. The third kappa shape index (κ3) is 3.99. The fraction of sp³-hybridized carbons (Fsp3) is 0.167. The van der Waals surface area contributed by atoms with Crippen LogP contribution in [0.4, 0.5) is 4.39 Å². The maximum absolute atomic E-state index is 13.8. The summed E-state index contributed by atoms with van der Waals surface area (Å²) in [6, 6.07) is 6.81. The van der Waals surface area contributed by atoms with Crippen molar-refractivity contribution in [2.24, 2.45) is 0 Å². The van der Waals surface area contributed by atoms with E-state index in [4.69, 9.17) is 4.74 Å². The minimum absolute atomic E-state index is 0.239. The number of pyridine rings is 1. The van der Waals surface area contributed by atoms with Crippen LogP contribution in [0.15, 0.2) is 54.3 Å². The van der Waals surface area contributed by atoms with Gasteiger partial charge in [0.2, 0.25) is 0 Å². The van der Waals surface area contributed by atoms with Crippen molar-refractivity contribution in [3.8, 4) is 16.9 Å². The predicted octanol–water partition coefficient (Wildman–Crippen LogP) is 5.97. The van der Waals surface area contributed by atoms with Crippen LogP contribution in [0.25, 0.3) is 22.2 Å². The highest BCUT2D eigenvalue weighted by Gasteiger charge is 2.14. The van der Waals surface area contributed by atoms with Crippen LogP contribution in [0, 0.1) is 5.82 Å². The second-order valence-corrected chi connectivity index (χ2v) is 4.99. The lowest BCUT2D eigenvalue weighted by atomic mass is 10.0. The lowest BCUT2D eigenvalue weighted by Gasteiger charge is -2.08. The molecule has 1 N–H and O–H groups in total. The Morgan fingerprint density at radius 1 is 1.22 bits per heavy atom. The van der Waals surface area contributed by atoms with Gasteiger partial charge in [0.25, 0.3) is 0 Å². The highest BCUT2D eigenvalue weighted by molar-refractivity contribution is 9.10. The Morgan fingerprint density at radius 3 is 2.57 bits per heavy atom. The highest BCUT2D eigenvalue weighted by atomic mass is 79.9. The first kappa shape index (κ1) is 18.9. The van der Waals surface area contributed by atoms with Gasteiger partial charge in [-0.15, -0.1) is 13.2 Å². The number of hydrogen-bond donors (Lipinski definition) is 1. The average Bonchev–Trinajstić information content (AvgIpc) is 3.01. The molecule has 3 nitrogen and oxygen atoms in total. The van der Waals surface area contributed by atoms with E-state index in [-0.39, 0.29) is 11.6 Å². The molecule has 1 aromatic carbocycles. The van der Waals surface area contributed by atoms with E-state index >= 15 is 0 Å². The number of ether oxygens (including phenoxy) is 1. The Kier molecular flexibility index (Phi) is 7.48. The van der Waals surface area contributed by atoms with Crippen LogP contribution >= 0.6 is 15.9 Å². The van der Waals surface area contributed by atoms with Crippen molar-refractivity contribution in [2.75, 3.05) is 7.11 Å². The summed E-state index contributed by atoms with van der Waals surface area (Å²) < 4.78 is 19.8. The number of aromatic amines is 1. The van der Waals surface area contributed by atoms with Crippen molar-refractivity contribution < 1.29 is 9.13 Å². The van der Waals surface area contributed by atoms with Gasteiger partial charge in [0, 0.05) is 33.4 Å². The highest BCUT2D eigenvalue weighted by Crippen LogP contribution is 2.36. The first-order chi connectivity index (χ1) is 11.2. The fourth-order valence-electron chi connectivity index (χ4n) is 2.13. The largest absolute Gasteiger partial charge is 0.493 e. The number of halogens is 2. The van der Waals surface area contributed by atoms with E-state index < -0.39 is 0 Å². The van der Waals surface area contributed by atoms with Gasteiger partial charge in [0.15, 0.2) is 11.6 Å². The predicted molar refractivity (Wildman–Crippen MR) is 98.3 cm³/mol. The quantitative estimate of drug-likeness (QED) is 0.557. The van der Waals surface area contributed by atoms with Crippen molar-refractivity contribution in [3.05, 3.63) is 60.1 Å². The fourth-order valence-corrected chi connectivity index (χ4v) is 2.46. The number of fused-ring (bicyclic) bond motifs is 1. The zero-order valence-electron chi connectivity index (χ0n) is 13.5. The maximum atomic E-state index is 13.8. The van der Waals surface area contributed by atoms with Gasteiger partial charge in [-0.25, -0.2) is 9.37 Å². The van der Waals surface area contributed by atoms with E-state index in [1.165, 1.54) is 13.2 Å². The zero-order chi connectivity index (χ0) is 17.4. The van der Waals surface area contributed by atoms with Gasteiger partial charge in [-0.1, -0.05) is 26.0 Å². The Hall–Kier alpha value is -2.14. The molecular formula is C18H20BrFN2O. The van der Waals surface area contributed by atoms with Crippen LogP contribution in [-0.4, -0.2) is 17.1 Å². The Balaban J connectivity index is 0.000000615. The van der Waals surface area contributed by atoms with Gasteiger partial charge in [-0.3, -0.25) is 0 Å². The molecule has 3 rings (SSSR count). The number of nitrogens with zero attached hydrogens (tertiary/aromatic N) is 1. The number of aromatic nitrogens is 2. The summed E-state index contributed by atoms with van der Waals surface area (Å²) in [5.74, 6) is -0.138. The van der Waals surface area contributed by atoms with Crippen LogP contribution in [0.3, 0.4) is 0 Å². The molecule has 0 saturated carbocycles. The molecule has 5 heteroatoms. The van der Waals surface area contributed by atoms with Gasteiger partial charge in [0.05, 0.1) is 7.11 Å². The molecule has 0 spiro atoms. The maximum Gasteiger partial charge on any atom is 0.165 e. The lowest BCUT2D eigenvalue weighted by Crippen LogP contribution is -1.91. The number of nitrogens with one attached hydrogen (secondary N) is 1. The van der Waals surface area contributed by atoms with Crippen molar-refractivity contribution in [3.63, 3.8) is 0 Å². The minimum atomic E-state index is -0.377. The summed E-state index contributed by atoms with van der Waals surface area (Å²) in [5.41, 5.74) is 2.32. The molecule has 2 heterocycles. The topological polar surface area (TPSA) is 37.9 Å². The molecule has 0 aliphatic carbocycles. The number of para-hydroxylation sites is 1. The second kappa shape index (κ2) is 9.10. The molecule has 0 amide bonds. The van der Waals surface area contributed by atoms with Crippen LogP contribution in [0.1, 0.15) is 13.8 Å².